The molecule has 4 rings (SSSR count). The van der Waals surface area contributed by atoms with Crippen molar-refractivity contribution in [2.24, 2.45) is 0 Å². The molecule has 2 aromatic carbocycles. The zero-order valence-corrected chi connectivity index (χ0v) is 31.8. The van der Waals surface area contributed by atoms with Crippen LogP contribution < -0.4 is 39.4 Å². The van der Waals surface area contributed by atoms with Gasteiger partial charge in [-0.2, -0.15) is 0 Å². The molecule has 0 unspecified atom stereocenters. The fourth-order valence-electron chi connectivity index (χ4n) is 5.07. The maximum Gasteiger partial charge on any atom is 1.00 e. The first-order valence-electron chi connectivity index (χ1n) is 15.5. The minimum Gasteiger partial charge on any atom is -1.00 e. The van der Waals surface area contributed by atoms with Crippen LogP contribution in [0.3, 0.4) is 0 Å². The first-order chi connectivity index (χ1) is 22.4. The average Bonchev–Trinajstić information content (AvgIpc) is 3.03. The van der Waals surface area contributed by atoms with Crippen molar-refractivity contribution in [3.05, 3.63) is 67.8 Å². The maximum atomic E-state index is 12.1. The van der Waals surface area contributed by atoms with Crippen LogP contribution >= 0.6 is 0 Å². The van der Waals surface area contributed by atoms with E-state index in [1.54, 1.807) is 21.9 Å². The van der Waals surface area contributed by atoms with Gasteiger partial charge in [0.1, 0.15) is 11.2 Å². The van der Waals surface area contributed by atoms with Crippen molar-refractivity contribution < 1.29 is 69.8 Å². The molecule has 2 aliphatic heterocycles. The Kier molecular flexibility index (Phi) is 16.7. The number of aliphatic hydroxyl groups is 1. The summed E-state index contributed by atoms with van der Waals surface area (Å²) in [4.78, 5) is 63.2. The van der Waals surface area contributed by atoms with Gasteiger partial charge in [-0.05, 0) is 53.7 Å². The summed E-state index contributed by atoms with van der Waals surface area (Å²) in [5.41, 5.74) is 0.938. The van der Waals surface area contributed by atoms with Crippen molar-refractivity contribution in [3.63, 3.8) is 0 Å². The number of nitro benzene ring substituents is 2. The molecule has 0 aliphatic carbocycles. The Hall–Kier alpha value is -3.93. The number of aliphatic hydroxyl groups excluding tert-OH is 1. The van der Waals surface area contributed by atoms with E-state index in [9.17, 15) is 39.7 Å². The molecule has 2 amide bonds. The first kappa shape index (κ1) is 44.1. The summed E-state index contributed by atoms with van der Waals surface area (Å²) in [6.45, 7) is 14.8. The molecule has 2 saturated heterocycles. The van der Waals surface area contributed by atoms with Crippen LogP contribution in [0.4, 0.5) is 32.3 Å². The molecule has 18 heteroatoms. The van der Waals surface area contributed by atoms with Crippen LogP contribution in [-0.4, -0.2) is 115 Å². The molecule has 1 N–H and O–H groups in total. The number of nitrogens with zero attached hydrogens (tertiary/aromatic N) is 6. The number of carbonyl (C=O) groups is 3. The molecule has 2 fully saturated rings. The van der Waals surface area contributed by atoms with Gasteiger partial charge >= 0.3 is 41.7 Å². The zero-order chi connectivity index (χ0) is 35.8. The molecule has 0 spiro atoms. The number of benzene rings is 2. The van der Waals surface area contributed by atoms with Gasteiger partial charge in [0.2, 0.25) is 0 Å². The second-order valence-electron chi connectivity index (χ2n) is 13.3. The second-order valence-corrected chi connectivity index (χ2v) is 13.3. The van der Waals surface area contributed by atoms with E-state index in [1.807, 2.05) is 51.3 Å². The molecule has 50 heavy (non-hydrogen) atoms. The van der Waals surface area contributed by atoms with Crippen LogP contribution in [0.15, 0.2) is 36.4 Å². The molecule has 0 atom stereocenters. The van der Waals surface area contributed by atoms with E-state index in [4.69, 9.17) is 9.47 Å². The average molecular weight is 708 g/mol. The number of hydrogen-bond acceptors (Lipinski definition) is 12. The third kappa shape index (κ3) is 12.8. The Morgan fingerprint density at radius 3 is 1.50 bits per heavy atom. The number of aldehydes is 1. The molecule has 16 nitrogen and oxygen atoms in total. The normalized spacial score (nSPS) is 14.6. The Labute approximate surface area is 317 Å². The van der Waals surface area contributed by atoms with Crippen LogP contribution in [0.5, 0.6) is 0 Å². The molecular formula is C32H45BN6NaO10. The van der Waals surface area contributed by atoms with E-state index < -0.39 is 21.0 Å². The number of piperazine rings is 2. The monoisotopic (exact) mass is 707 g/mol. The number of anilines is 2. The number of hydrogen-bond donors (Lipinski definition) is 1. The minimum atomic E-state index is -0.544. The molecule has 2 heterocycles. The zero-order valence-electron chi connectivity index (χ0n) is 30.8. The molecule has 0 saturated carbocycles. The number of nitro groups is 2. The van der Waals surface area contributed by atoms with Gasteiger partial charge in [-0.15, -0.1) is 0 Å². The molecule has 0 bridgehead atoms. The predicted molar refractivity (Wildman–Crippen MR) is 184 cm³/mol. The standard InChI is InChI=1S/C16H23N3O5.C16H21N3O5.B.Na.H/c2*1-16(2,3)24-15(21)18-8-6-17(7-9-18)14-5-4-13(19(22)23)10-12(14)11-20;;;/h4-5,10,20H,6-9,11H2,1-3H3;4-5,10-11H,6-9H2,1-3H3;;;/q;;;+1;-1. The largest absolute Gasteiger partial charge is 1.00 e. The van der Waals surface area contributed by atoms with Crippen LogP contribution in [0, 0.1) is 20.2 Å². The first-order valence-corrected chi connectivity index (χ1v) is 15.5. The van der Waals surface area contributed by atoms with Crippen LogP contribution in [0.25, 0.3) is 0 Å². The van der Waals surface area contributed by atoms with Gasteiger partial charge in [0.15, 0.2) is 6.29 Å². The summed E-state index contributed by atoms with van der Waals surface area (Å²) in [5.74, 6) is 0. The number of amides is 2. The van der Waals surface area contributed by atoms with E-state index in [0.717, 1.165) is 5.69 Å². The summed E-state index contributed by atoms with van der Waals surface area (Å²) in [6.07, 6.45) is -0.0857. The van der Waals surface area contributed by atoms with E-state index in [1.165, 1.54) is 24.3 Å². The van der Waals surface area contributed by atoms with Gasteiger partial charge < -0.3 is 35.6 Å². The van der Waals surface area contributed by atoms with Gasteiger partial charge in [0, 0.05) is 108 Å². The van der Waals surface area contributed by atoms with Crippen molar-refractivity contribution in [2.45, 2.75) is 59.4 Å². The van der Waals surface area contributed by atoms with Gasteiger partial charge in [0.05, 0.1) is 16.5 Å². The molecule has 2 aromatic rings. The summed E-state index contributed by atoms with van der Waals surface area (Å²) >= 11 is 0. The molecule has 267 valence electrons. The van der Waals surface area contributed by atoms with Crippen molar-refractivity contribution in [1.82, 2.24) is 9.80 Å². The molecular weight excluding hydrogens is 662 g/mol. The van der Waals surface area contributed by atoms with Crippen LogP contribution in [-0.2, 0) is 16.1 Å². The summed E-state index contributed by atoms with van der Waals surface area (Å²) in [5, 5.41) is 31.1. The smallest absolute Gasteiger partial charge is 1.00 e. The van der Waals surface area contributed by atoms with Gasteiger partial charge in [-0.25, -0.2) is 9.59 Å². The number of ether oxygens (including phenoxy) is 2. The number of rotatable bonds is 6. The van der Waals surface area contributed by atoms with E-state index in [0.29, 0.717) is 69.9 Å². The van der Waals surface area contributed by atoms with Crippen molar-refractivity contribution in [1.29, 1.82) is 0 Å². The summed E-state index contributed by atoms with van der Waals surface area (Å²) in [6, 6.07) is 8.67. The number of carbonyl (C=O) groups excluding carboxylic acids is 3. The van der Waals surface area contributed by atoms with Gasteiger partial charge in [-0.3, -0.25) is 25.0 Å². The van der Waals surface area contributed by atoms with E-state index in [2.05, 4.69) is 0 Å². The Balaban J connectivity index is 0.000000926. The minimum absolute atomic E-state index is 0. The number of non-ortho nitro benzene ring substituents is 2. The van der Waals surface area contributed by atoms with Crippen LogP contribution in [0.2, 0.25) is 0 Å². The Bertz CT molecular complexity index is 1510. The maximum absolute atomic E-state index is 12.1. The van der Waals surface area contributed by atoms with E-state index >= 15 is 0 Å². The quantitative estimate of drug-likeness (QED) is 0.197. The van der Waals surface area contributed by atoms with Crippen molar-refractivity contribution >= 4 is 49.6 Å². The molecule has 3 radical (unpaired) electrons. The van der Waals surface area contributed by atoms with Crippen molar-refractivity contribution in [3.8, 4) is 0 Å². The molecule has 2 aliphatic rings. The van der Waals surface area contributed by atoms with Crippen molar-refractivity contribution in [2.75, 3.05) is 62.2 Å². The Morgan fingerprint density at radius 1 is 0.760 bits per heavy atom. The molecule has 0 aromatic heterocycles. The Morgan fingerprint density at radius 2 is 1.14 bits per heavy atom. The third-order valence-electron chi connectivity index (χ3n) is 7.34. The van der Waals surface area contributed by atoms with E-state index in [-0.39, 0.29) is 75.1 Å². The van der Waals surface area contributed by atoms with Gasteiger partial charge in [-0.1, -0.05) is 0 Å². The predicted octanol–water partition coefficient (Wildman–Crippen LogP) is 1.34. The third-order valence-corrected chi connectivity index (χ3v) is 7.34. The van der Waals surface area contributed by atoms with Gasteiger partial charge in [0.25, 0.3) is 11.4 Å². The SMILES string of the molecule is CC(C)(C)OC(=O)N1CCN(c2ccc([N+](=O)[O-])cc2C=O)CC1.CC(C)(C)OC(=O)N1CCN(c2ccc([N+](=O)[O-])cc2CO)CC1.[B].[H-].[Na+]. The van der Waals surface area contributed by atoms with Crippen LogP contribution in [0.1, 0.15) is 58.9 Å². The second kappa shape index (κ2) is 18.9. The fourth-order valence-corrected chi connectivity index (χ4v) is 5.07. The topological polar surface area (TPSA) is 189 Å². The summed E-state index contributed by atoms with van der Waals surface area (Å²) < 4.78 is 10.7. The fraction of sp³-hybridized carbons (Fsp3) is 0.531. The summed E-state index contributed by atoms with van der Waals surface area (Å²) in [7, 11) is 0.